The molecule has 154 valence electrons. The summed E-state index contributed by atoms with van der Waals surface area (Å²) >= 11 is 0. The molecule has 0 aliphatic carbocycles. The molecule has 1 aromatic carbocycles. The summed E-state index contributed by atoms with van der Waals surface area (Å²) < 4.78 is 16.9. The highest BCUT2D eigenvalue weighted by molar-refractivity contribution is 5.89. The minimum Gasteiger partial charge on any atom is -0.497 e. The number of hydrogen-bond acceptors (Lipinski definition) is 7. The number of amides is 2. The van der Waals surface area contributed by atoms with Crippen LogP contribution in [0.15, 0.2) is 24.3 Å². The molecule has 5 atom stereocenters. The summed E-state index contributed by atoms with van der Waals surface area (Å²) in [5, 5.41) is 16.7. The Hall–Kier alpha value is -1.91. The van der Waals surface area contributed by atoms with Crippen LogP contribution in [0.25, 0.3) is 0 Å². The average Bonchev–Trinajstić information content (AvgIpc) is 3.12. The summed E-state index contributed by atoms with van der Waals surface area (Å²) in [4.78, 5) is 17.0. The number of piperazine rings is 1. The lowest BCUT2D eigenvalue weighted by Gasteiger charge is -2.46. The number of nitrogens with one attached hydrogen (secondary N) is 2. The van der Waals surface area contributed by atoms with Crippen LogP contribution in [0, 0.1) is 0 Å². The molecule has 3 N–H and O–H groups in total. The van der Waals surface area contributed by atoms with Gasteiger partial charge in [0.2, 0.25) is 0 Å². The Morgan fingerprint density at radius 1 is 1.29 bits per heavy atom. The van der Waals surface area contributed by atoms with Gasteiger partial charge in [0.15, 0.2) is 6.29 Å². The first-order valence-corrected chi connectivity index (χ1v) is 9.64. The molecule has 1 aromatic rings. The maximum Gasteiger partial charge on any atom is 0.319 e. The molecule has 5 unspecified atom stereocenters. The lowest BCUT2D eigenvalue weighted by molar-refractivity contribution is -0.184. The molecule has 3 heterocycles. The number of likely N-dealkylation sites (N-methyl/N-ethyl adjacent to an activating group) is 1. The van der Waals surface area contributed by atoms with Crippen LogP contribution in [0.4, 0.5) is 10.5 Å². The maximum atomic E-state index is 12.5. The first kappa shape index (κ1) is 19.4. The van der Waals surface area contributed by atoms with Crippen LogP contribution >= 0.6 is 0 Å². The van der Waals surface area contributed by atoms with Gasteiger partial charge in [-0.15, -0.1) is 0 Å². The molecule has 4 rings (SSSR count). The van der Waals surface area contributed by atoms with E-state index in [4.69, 9.17) is 14.2 Å². The molecule has 3 fully saturated rings. The highest BCUT2D eigenvalue weighted by atomic mass is 16.7. The van der Waals surface area contributed by atoms with Gasteiger partial charge in [-0.05, 0) is 19.2 Å². The second-order valence-corrected chi connectivity index (χ2v) is 7.55. The van der Waals surface area contributed by atoms with Gasteiger partial charge in [-0.1, -0.05) is 6.07 Å². The largest absolute Gasteiger partial charge is 0.497 e. The minimum absolute atomic E-state index is 0.297. The number of fused-ring (bicyclic) bond motifs is 2. The van der Waals surface area contributed by atoms with E-state index < -0.39 is 24.5 Å². The maximum absolute atomic E-state index is 12.5. The van der Waals surface area contributed by atoms with Crippen molar-refractivity contribution in [1.82, 2.24) is 15.1 Å². The standard InChI is InChI=1S/C19H28N4O5/c1-22-6-8-23(9-7-22)16-17(24)15(14-11-27-18(16)28-14)21-19(25)20-12-4-3-5-13(10-12)26-2/h3-5,10,14-18,24H,6-9,11H2,1-2H3,(H2,20,21,25). The summed E-state index contributed by atoms with van der Waals surface area (Å²) in [6.07, 6.45) is -1.59. The van der Waals surface area contributed by atoms with Crippen molar-refractivity contribution >= 4 is 11.7 Å². The number of ether oxygens (including phenoxy) is 3. The molecule has 9 heteroatoms. The lowest BCUT2D eigenvalue weighted by Crippen LogP contribution is -2.67. The van der Waals surface area contributed by atoms with Crippen LogP contribution in [0.5, 0.6) is 5.75 Å². The Bertz CT molecular complexity index is 697. The number of hydrogen-bond donors (Lipinski definition) is 3. The third-order valence-corrected chi connectivity index (χ3v) is 5.72. The summed E-state index contributed by atoms with van der Waals surface area (Å²) in [6.45, 7) is 3.86. The molecule has 0 radical (unpaired) electrons. The van der Waals surface area contributed by atoms with Crippen molar-refractivity contribution in [3.05, 3.63) is 24.3 Å². The van der Waals surface area contributed by atoms with Crippen LogP contribution in [-0.2, 0) is 9.47 Å². The van der Waals surface area contributed by atoms with E-state index in [1.165, 1.54) is 0 Å². The first-order chi connectivity index (χ1) is 13.5. The molecule has 28 heavy (non-hydrogen) atoms. The summed E-state index contributed by atoms with van der Waals surface area (Å²) in [5.74, 6) is 0.654. The van der Waals surface area contributed by atoms with Crippen LogP contribution in [-0.4, -0.2) is 98.5 Å². The fourth-order valence-electron chi connectivity index (χ4n) is 4.11. The van der Waals surface area contributed by atoms with Gasteiger partial charge in [0.25, 0.3) is 0 Å². The molecule has 0 saturated carbocycles. The highest BCUT2D eigenvalue weighted by Crippen LogP contribution is 2.32. The zero-order valence-electron chi connectivity index (χ0n) is 16.2. The number of anilines is 1. The van der Waals surface area contributed by atoms with E-state index in [1.54, 1.807) is 31.4 Å². The third kappa shape index (κ3) is 3.94. The van der Waals surface area contributed by atoms with Crippen molar-refractivity contribution in [2.75, 3.05) is 52.3 Å². The van der Waals surface area contributed by atoms with Crippen LogP contribution < -0.4 is 15.4 Å². The number of aliphatic hydroxyl groups excluding tert-OH is 1. The zero-order chi connectivity index (χ0) is 19.7. The quantitative estimate of drug-likeness (QED) is 0.660. The number of methoxy groups -OCH3 is 1. The number of benzene rings is 1. The third-order valence-electron chi connectivity index (χ3n) is 5.72. The van der Waals surface area contributed by atoms with E-state index in [-0.39, 0.29) is 12.1 Å². The van der Waals surface area contributed by atoms with Gasteiger partial charge in [0, 0.05) is 37.9 Å². The van der Waals surface area contributed by atoms with Crippen LogP contribution in [0.3, 0.4) is 0 Å². The normalized spacial score (nSPS) is 33.5. The molecule has 0 spiro atoms. The van der Waals surface area contributed by atoms with Crippen molar-refractivity contribution in [2.24, 2.45) is 0 Å². The zero-order valence-corrected chi connectivity index (χ0v) is 16.2. The van der Waals surface area contributed by atoms with Gasteiger partial charge in [-0.3, -0.25) is 4.90 Å². The topological polar surface area (TPSA) is 95.5 Å². The Morgan fingerprint density at radius 3 is 2.82 bits per heavy atom. The lowest BCUT2D eigenvalue weighted by atomic mass is 9.94. The van der Waals surface area contributed by atoms with E-state index in [0.29, 0.717) is 18.0 Å². The monoisotopic (exact) mass is 392 g/mol. The molecule has 2 amide bonds. The molecule has 3 saturated heterocycles. The number of urea groups is 1. The van der Waals surface area contributed by atoms with Gasteiger partial charge in [-0.2, -0.15) is 0 Å². The molecular weight excluding hydrogens is 364 g/mol. The van der Waals surface area contributed by atoms with E-state index >= 15 is 0 Å². The number of carbonyl (C=O) groups is 1. The highest BCUT2D eigenvalue weighted by Gasteiger charge is 2.52. The van der Waals surface area contributed by atoms with Gasteiger partial charge in [0.05, 0.1) is 31.9 Å². The van der Waals surface area contributed by atoms with E-state index in [2.05, 4.69) is 27.5 Å². The summed E-state index contributed by atoms with van der Waals surface area (Å²) in [7, 11) is 3.66. The smallest absolute Gasteiger partial charge is 0.319 e. The molecule has 0 aromatic heterocycles. The Labute approximate surface area is 164 Å². The van der Waals surface area contributed by atoms with Crippen LogP contribution in [0.1, 0.15) is 0 Å². The van der Waals surface area contributed by atoms with E-state index in [9.17, 15) is 9.90 Å². The summed E-state index contributed by atoms with van der Waals surface area (Å²) in [5.41, 5.74) is 0.610. The van der Waals surface area contributed by atoms with Gasteiger partial charge >= 0.3 is 6.03 Å². The molecule has 3 aliphatic rings. The molecule has 3 aliphatic heterocycles. The first-order valence-electron chi connectivity index (χ1n) is 9.64. The Balaban J connectivity index is 1.42. The fraction of sp³-hybridized carbons (Fsp3) is 0.632. The second-order valence-electron chi connectivity index (χ2n) is 7.55. The van der Waals surface area contributed by atoms with Gasteiger partial charge < -0.3 is 34.9 Å². The van der Waals surface area contributed by atoms with Crippen molar-refractivity contribution in [2.45, 2.75) is 30.6 Å². The number of aliphatic hydroxyl groups is 1. The second kappa shape index (κ2) is 8.22. The van der Waals surface area contributed by atoms with Crippen molar-refractivity contribution in [1.29, 1.82) is 0 Å². The summed E-state index contributed by atoms with van der Waals surface area (Å²) in [6, 6.07) is 5.86. The predicted octanol–water partition coefficient (Wildman–Crippen LogP) is -0.0827. The van der Waals surface area contributed by atoms with Crippen molar-refractivity contribution < 1.29 is 24.1 Å². The predicted molar refractivity (Wildman–Crippen MR) is 102 cm³/mol. The van der Waals surface area contributed by atoms with E-state index in [1.807, 2.05) is 0 Å². The fourth-order valence-corrected chi connectivity index (χ4v) is 4.11. The van der Waals surface area contributed by atoms with Crippen LogP contribution in [0.2, 0.25) is 0 Å². The Kier molecular flexibility index (Phi) is 5.70. The van der Waals surface area contributed by atoms with Gasteiger partial charge in [0.1, 0.15) is 11.9 Å². The minimum atomic E-state index is -0.772. The SMILES string of the molecule is COc1cccc(NC(=O)NC2C3COC(O3)C(N3CCN(C)CC3)C2O)c1. The van der Waals surface area contributed by atoms with Crippen molar-refractivity contribution in [3.8, 4) is 5.75 Å². The van der Waals surface area contributed by atoms with Gasteiger partial charge in [-0.25, -0.2) is 4.79 Å². The molecule has 2 bridgehead atoms. The molecule has 9 nitrogen and oxygen atoms in total. The average molecular weight is 392 g/mol. The number of nitrogens with zero attached hydrogens (tertiary/aromatic N) is 2. The molecular formula is C19H28N4O5. The Morgan fingerprint density at radius 2 is 2.07 bits per heavy atom. The van der Waals surface area contributed by atoms with E-state index in [0.717, 1.165) is 26.2 Å². The van der Waals surface area contributed by atoms with Crippen molar-refractivity contribution in [3.63, 3.8) is 0 Å². The number of carbonyl (C=O) groups excluding carboxylic acids is 1. The number of rotatable bonds is 4.